The Morgan fingerprint density at radius 3 is 2.47 bits per heavy atom. The van der Waals surface area contributed by atoms with Gasteiger partial charge in [-0.1, -0.05) is 33.6 Å². The summed E-state index contributed by atoms with van der Waals surface area (Å²) in [7, 11) is 0. The van der Waals surface area contributed by atoms with Crippen molar-refractivity contribution in [2.75, 3.05) is 32.7 Å². The largest absolute Gasteiger partial charge is 0.316 e. The topological polar surface area (TPSA) is 15.3 Å². The molecule has 112 valence electrons. The van der Waals surface area contributed by atoms with Crippen LogP contribution in [0.1, 0.15) is 52.9 Å². The second kappa shape index (κ2) is 7.64. The molecule has 0 bridgehead atoms. The van der Waals surface area contributed by atoms with E-state index in [1.54, 1.807) is 0 Å². The van der Waals surface area contributed by atoms with E-state index in [2.05, 4.69) is 31.0 Å². The average molecular weight is 266 g/mol. The summed E-state index contributed by atoms with van der Waals surface area (Å²) in [5.74, 6) is 3.67. The number of likely N-dealkylation sites (tertiary alicyclic amines) is 1. The van der Waals surface area contributed by atoms with Crippen molar-refractivity contribution in [3.8, 4) is 0 Å². The summed E-state index contributed by atoms with van der Waals surface area (Å²) < 4.78 is 0. The van der Waals surface area contributed by atoms with Crippen molar-refractivity contribution >= 4 is 0 Å². The van der Waals surface area contributed by atoms with Gasteiger partial charge in [0.15, 0.2) is 0 Å². The second-order valence-corrected chi connectivity index (χ2v) is 7.59. The molecule has 1 unspecified atom stereocenters. The lowest BCUT2D eigenvalue weighted by molar-refractivity contribution is 0.205. The van der Waals surface area contributed by atoms with E-state index in [0.717, 1.165) is 23.7 Å². The van der Waals surface area contributed by atoms with Crippen molar-refractivity contribution in [2.45, 2.75) is 52.9 Å². The van der Waals surface area contributed by atoms with Gasteiger partial charge in [-0.25, -0.2) is 0 Å². The molecular formula is C17H34N2. The van der Waals surface area contributed by atoms with Gasteiger partial charge in [-0.2, -0.15) is 0 Å². The minimum Gasteiger partial charge on any atom is -0.316 e. The van der Waals surface area contributed by atoms with Crippen molar-refractivity contribution in [2.24, 2.45) is 23.7 Å². The van der Waals surface area contributed by atoms with E-state index >= 15 is 0 Å². The van der Waals surface area contributed by atoms with Crippen molar-refractivity contribution in [3.05, 3.63) is 0 Å². The molecular weight excluding hydrogens is 232 g/mol. The third kappa shape index (κ3) is 5.43. The second-order valence-electron chi connectivity index (χ2n) is 7.59. The predicted octanol–water partition coefficient (Wildman–Crippen LogP) is 3.38. The van der Waals surface area contributed by atoms with E-state index in [-0.39, 0.29) is 0 Å². The van der Waals surface area contributed by atoms with E-state index in [9.17, 15) is 0 Å². The lowest BCUT2D eigenvalue weighted by Gasteiger charge is -2.29. The van der Waals surface area contributed by atoms with Crippen LogP contribution in [0, 0.1) is 23.7 Å². The Kier molecular flexibility index (Phi) is 6.15. The average Bonchev–Trinajstić information content (AvgIpc) is 2.79. The van der Waals surface area contributed by atoms with Crippen molar-refractivity contribution in [1.29, 1.82) is 0 Å². The molecule has 2 aliphatic rings. The Morgan fingerprint density at radius 2 is 1.79 bits per heavy atom. The van der Waals surface area contributed by atoms with Gasteiger partial charge in [-0.15, -0.1) is 0 Å². The van der Waals surface area contributed by atoms with Crippen LogP contribution >= 0.6 is 0 Å². The summed E-state index contributed by atoms with van der Waals surface area (Å²) >= 11 is 0. The first-order valence-corrected chi connectivity index (χ1v) is 8.56. The van der Waals surface area contributed by atoms with E-state index < -0.39 is 0 Å². The summed E-state index contributed by atoms with van der Waals surface area (Å²) in [6.45, 7) is 13.5. The Bertz CT molecular complexity index is 244. The summed E-state index contributed by atoms with van der Waals surface area (Å²) in [4.78, 5) is 2.74. The lowest BCUT2D eigenvalue weighted by Crippen LogP contribution is -2.32. The Morgan fingerprint density at radius 1 is 1.05 bits per heavy atom. The van der Waals surface area contributed by atoms with Gasteiger partial charge in [0.25, 0.3) is 0 Å². The highest BCUT2D eigenvalue weighted by atomic mass is 15.2. The molecule has 2 heteroatoms. The zero-order valence-electron chi connectivity index (χ0n) is 13.3. The molecule has 1 saturated carbocycles. The molecule has 1 saturated heterocycles. The molecule has 1 atom stereocenters. The molecule has 1 aliphatic heterocycles. The highest BCUT2D eigenvalue weighted by Gasteiger charge is 2.26. The van der Waals surface area contributed by atoms with Gasteiger partial charge in [0.1, 0.15) is 0 Å². The molecule has 0 radical (unpaired) electrons. The fourth-order valence-electron chi connectivity index (χ4n) is 3.70. The molecule has 2 rings (SSSR count). The molecule has 0 aromatic carbocycles. The predicted molar refractivity (Wildman–Crippen MR) is 83.4 cm³/mol. The van der Waals surface area contributed by atoms with Crippen LogP contribution in [0.3, 0.4) is 0 Å². The van der Waals surface area contributed by atoms with E-state index in [1.165, 1.54) is 64.8 Å². The number of nitrogens with zero attached hydrogens (tertiary/aromatic N) is 1. The van der Waals surface area contributed by atoms with Crippen LogP contribution in [0.15, 0.2) is 0 Å². The van der Waals surface area contributed by atoms with Crippen LogP contribution in [0.2, 0.25) is 0 Å². The minimum absolute atomic E-state index is 0.779. The summed E-state index contributed by atoms with van der Waals surface area (Å²) in [6.07, 6.45) is 7.31. The number of hydrogen-bond donors (Lipinski definition) is 1. The minimum atomic E-state index is 0.779. The summed E-state index contributed by atoms with van der Waals surface area (Å²) in [5.41, 5.74) is 0. The first-order valence-electron chi connectivity index (χ1n) is 8.56. The first kappa shape index (κ1) is 15.3. The van der Waals surface area contributed by atoms with Gasteiger partial charge in [-0.3, -0.25) is 0 Å². The first-order chi connectivity index (χ1) is 9.13. The Balaban J connectivity index is 1.59. The smallest absolute Gasteiger partial charge is 0.00224 e. The normalized spacial score (nSPS) is 33.2. The molecule has 1 aliphatic carbocycles. The molecule has 1 N–H and O–H groups in total. The van der Waals surface area contributed by atoms with E-state index in [0.29, 0.717) is 0 Å². The highest BCUT2D eigenvalue weighted by molar-refractivity contribution is 4.80. The van der Waals surface area contributed by atoms with Crippen LogP contribution in [0.25, 0.3) is 0 Å². The van der Waals surface area contributed by atoms with Crippen molar-refractivity contribution < 1.29 is 0 Å². The third-order valence-electron chi connectivity index (χ3n) is 5.01. The fraction of sp³-hybridized carbons (Fsp3) is 1.00. The SMILES string of the molecule is CC(C)CNCC1CCN(CC2CCC(C)CC2)C1. The third-order valence-corrected chi connectivity index (χ3v) is 5.01. The van der Waals surface area contributed by atoms with Gasteiger partial charge < -0.3 is 10.2 Å². The lowest BCUT2D eigenvalue weighted by atomic mass is 9.83. The van der Waals surface area contributed by atoms with E-state index in [1.807, 2.05) is 0 Å². The standard InChI is InChI=1S/C17H34N2/c1-14(2)10-18-11-17-8-9-19(13-17)12-16-6-4-15(3)5-7-16/h14-18H,4-13H2,1-3H3. The zero-order chi connectivity index (χ0) is 13.7. The Hall–Kier alpha value is -0.0800. The quantitative estimate of drug-likeness (QED) is 0.793. The van der Waals surface area contributed by atoms with E-state index in [4.69, 9.17) is 0 Å². The van der Waals surface area contributed by atoms with Crippen LogP contribution in [-0.4, -0.2) is 37.6 Å². The van der Waals surface area contributed by atoms with Crippen molar-refractivity contribution in [3.63, 3.8) is 0 Å². The molecule has 0 aromatic rings. The van der Waals surface area contributed by atoms with Crippen LogP contribution < -0.4 is 5.32 Å². The molecule has 2 fully saturated rings. The summed E-state index contributed by atoms with van der Waals surface area (Å²) in [5, 5.41) is 3.63. The maximum Gasteiger partial charge on any atom is 0.00224 e. The molecule has 0 spiro atoms. The molecule has 1 heterocycles. The molecule has 0 aromatic heterocycles. The molecule has 0 amide bonds. The van der Waals surface area contributed by atoms with Gasteiger partial charge >= 0.3 is 0 Å². The highest BCUT2D eigenvalue weighted by Crippen LogP contribution is 2.30. The number of rotatable bonds is 6. The number of hydrogen-bond acceptors (Lipinski definition) is 2. The zero-order valence-corrected chi connectivity index (χ0v) is 13.3. The Labute approximate surface area is 120 Å². The van der Waals surface area contributed by atoms with Crippen molar-refractivity contribution in [1.82, 2.24) is 10.2 Å². The maximum atomic E-state index is 3.63. The monoisotopic (exact) mass is 266 g/mol. The van der Waals surface area contributed by atoms with Crippen LogP contribution in [0.5, 0.6) is 0 Å². The van der Waals surface area contributed by atoms with Gasteiger partial charge in [0, 0.05) is 13.1 Å². The fourth-order valence-corrected chi connectivity index (χ4v) is 3.70. The van der Waals surface area contributed by atoms with Gasteiger partial charge in [-0.05, 0) is 62.6 Å². The summed E-state index contributed by atoms with van der Waals surface area (Å²) in [6, 6.07) is 0. The molecule has 19 heavy (non-hydrogen) atoms. The van der Waals surface area contributed by atoms with Crippen LogP contribution in [0.4, 0.5) is 0 Å². The van der Waals surface area contributed by atoms with Gasteiger partial charge in [0.05, 0.1) is 0 Å². The molecule has 2 nitrogen and oxygen atoms in total. The number of nitrogens with one attached hydrogen (secondary N) is 1. The van der Waals surface area contributed by atoms with Gasteiger partial charge in [0.2, 0.25) is 0 Å². The maximum absolute atomic E-state index is 3.63. The van der Waals surface area contributed by atoms with Crippen LogP contribution in [-0.2, 0) is 0 Å².